The molecule has 1 fully saturated rings. The molecule has 1 aliphatic heterocycles. The van der Waals surface area contributed by atoms with Gasteiger partial charge in [0.25, 0.3) is 5.24 Å². The standard InChI is InChI=1S/C18H14I2N2O3S/c19-10-1-3-15-13(5-10)14-6-11(20)2-4-16(14)21(15)7-12(23)8-22-17(24)9-26-18(22)25/h1-6,12,23H,7-9H2. The van der Waals surface area contributed by atoms with E-state index in [1.54, 1.807) is 0 Å². The lowest BCUT2D eigenvalue weighted by Crippen LogP contribution is -2.37. The summed E-state index contributed by atoms with van der Waals surface area (Å²) in [4.78, 5) is 24.7. The monoisotopic (exact) mass is 592 g/mol. The molecule has 1 aromatic heterocycles. The fourth-order valence-corrected chi connectivity index (χ4v) is 5.00. The van der Waals surface area contributed by atoms with Crippen LogP contribution in [0.3, 0.4) is 0 Å². The van der Waals surface area contributed by atoms with Crippen molar-refractivity contribution in [3.63, 3.8) is 0 Å². The number of hydrogen-bond donors (Lipinski definition) is 1. The molecule has 8 heteroatoms. The third kappa shape index (κ3) is 3.36. The molecule has 1 saturated heterocycles. The highest BCUT2D eigenvalue weighted by atomic mass is 127. The van der Waals surface area contributed by atoms with Crippen LogP contribution in [0, 0.1) is 7.14 Å². The topological polar surface area (TPSA) is 62.5 Å². The Hall–Kier alpha value is -0.850. The minimum Gasteiger partial charge on any atom is -0.389 e. The first kappa shape index (κ1) is 18.5. The van der Waals surface area contributed by atoms with Gasteiger partial charge in [-0.25, -0.2) is 0 Å². The van der Waals surface area contributed by atoms with Crippen LogP contribution in [0.25, 0.3) is 21.8 Å². The third-order valence-corrected chi connectivity index (χ3v) is 6.62. The number of fused-ring (bicyclic) bond motifs is 3. The fourth-order valence-electron chi connectivity index (χ4n) is 3.28. The molecule has 1 unspecified atom stereocenters. The Labute approximate surface area is 181 Å². The maximum Gasteiger partial charge on any atom is 0.288 e. The fraction of sp³-hybridized carbons (Fsp3) is 0.222. The average molecular weight is 592 g/mol. The highest BCUT2D eigenvalue weighted by molar-refractivity contribution is 14.1. The van der Waals surface area contributed by atoms with Gasteiger partial charge in [0.05, 0.1) is 24.9 Å². The summed E-state index contributed by atoms with van der Waals surface area (Å²) in [6.07, 6.45) is -0.820. The van der Waals surface area contributed by atoms with Gasteiger partial charge in [-0.2, -0.15) is 0 Å². The quantitative estimate of drug-likeness (QED) is 0.465. The van der Waals surface area contributed by atoms with Gasteiger partial charge in [0.1, 0.15) is 0 Å². The smallest absolute Gasteiger partial charge is 0.288 e. The van der Waals surface area contributed by atoms with E-state index < -0.39 is 6.10 Å². The van der Waals surface area contributed by atoms with Crippen molar-refractivity contribution in [3.05, 3.63) is 43.5 Å². The van der Waals surface area contributed by atoms with E-state index in [0.717, 1.165) is 45.6 Å². The van der Waals surface area contributed by atoms with E-state index in [2.05, 4.69) is 74.0 Å². The van der Waals surface area contributed by atoms with Crippen LogP contribution in [0.2, 0.25) is 0 Å². The van der Waals surface area contributed by atoms with E-state index in [1.165, 1.54) is 0 Å². The molecule has 26 heavy (non-hydrogen) atoms. The minimum atomic E-state index is -0.820. The van der Waals surface area contributed by atoms with E-state index in [1.807, 2.05) is 12.1 Å². The second-order valence-corrected chi connectivity index (χ2v) is 9.56. The number of β-amino-alcohol motifs (C(OH)–C–C–N with tert-alkyl or cyclic N) is 1. The molecule has 134 valence electrons. The first-order chi connectivity index (χ1) is 12.4. The molecule has 2 aromatic carbocycles. The first-order valence-corrected chi connectivity index (χ1v) is 11.1. The van der Waals surface area contributed by atoms with Gasteiger partial charge >= 0.3 is 0 Å². The highest BCUT2D eigenvalue weighted by Gasteiger charge is 2.31. The van der Waals surface area contributed by atoms with Gasteiger partial charge in [-0.15, -0.1) is 0 Å². The van der Waals surface area contributed by atoms with E-state index in [4.69, 9.17) is 0 Å². The molecule has 1 atom stereocenters. The lowest BCUT2D eigenvalue weighted by Gasteiger charge is -2.19. The molecule has 1 N–H and O–H groups in total. The number of carbonyl (C=O) groups excluding carboxylic acids is 2. The van der Waals surface area contributed by atoms with Gasteiger partial charge < -0.3 is 9.67 Å². The molecule has 3 aromatic rings. The maximum absolute atomic E-state index is 11.8. The Morgan fingerprint density at radius 3 is 2.08 bits per heavy atom. The summed E-state index contributed by atoms with van der Waals surface area (Å²) in [5.41, 5.74) is 2.07. The number of hydrogen-bond acceptors (Lipinski definition) is 4. The maximum atomic E-state index is 11.8. The second-order valence-electron chi connectivity index (χ2n) is 6.15. The Morgan fingerprint density at radius 2 is 1.58 bits per heavy atom. The van der Waals surface area contributed by atoms with E-state index in [0.29, 0.717) is 6.54 Å². The highest BCUT2D eigenvalue weighted by Crippen LogP contribution is 2.32. The number of thioether (sulfide) groups is 1. The second kappa shape index (κ2) is 7.28. The number of aliphatic hydroxyl groups is 1. The van der Waals surface area contributed by atoms with Crippen molar-refractivity contribution in [1.82, 2.24) is 9.47 Å². The summed E-state index contributed by atoms with van der Waals surface area (Å²) in [5, 5.41) is 12.6. The van der Waals surface area contributed by atoms with Crippen molar-refractivity contribution in [2.24, 2.45) is 0 Å². The van der Waals surface area contributed by atoms with Crippen LogP contribution in [-0.4, -0.2) is 44.1 Å². The molecule has 1 aliphatic rings. The zero-order chi connectivity index (χ0) is 18.4. The van der Waals surface area contributed by atoms with Crippen LogP contribution in [0.15, 0.2) is 36.4 Å². The predicted octanol–water partition coefficient (Wildman–Crippen LogP) is 4.06. The van der Waals surface area contributed by atoms with Gasteiger partial charge in [0.2, 0.25) is 5.91 Å². The van der Waals surface area contributed by atoms with Crippen molar-refractivity contribution in [1.29, 1.82) is 0 Å². The minimum absolute atomic E-state index is 0.0283. The van der Waals surface area contributed by atoms with Crippen LogP contribution in [0.1, 0.15) is 0 Å². The number of aromatic nitrogens is 1. The van der Waals surface area contributed by atoms with Crippen molar-refractivity contribution in [3.8, 4) is 0 Å². The van der Waals surface area contributed by atoms with Crippen LogP contribution in [0.5, 0.6) is 0 Å². The lowest BCUT2D eigenvalue weighted by atomic mass is 10.2. The summed E-state index contributed by atoms with van der Waals surface area (Å²) in [6, 6.07) is 12.5. The van der Waals surface area contributed by atoms with Crippen LogP contribution >= 0.6 is 56.9 Å². The van der Waals surface area contributed by atoms with Gasteiger partial charge in [-0.05, 0) is 81.6 Å². The molecule has 0 spiro atoms. The van der Waals surface area contributed by atoms with Crippen molar-refractivity contribution < 1.29 is 14.7 Å². The number of benzene rings is 2. The number of aliphatic hydroxyl groups excluding tert-OH is 1. The molecule has 4 rings (SSSR count). The van der Waals surface area contributed by atoms with Crippen LogP contribution in [0.4, 0.5) is 4.79 Å². The van der Waals surface area contributed by atoms with E-state index in [9.17, 15) is 14.7 Å². The molecule has 0 saturated carbocycles. The number of amides is 2. The van der Waals surface area contributed by atoms with Gasteiger partial charge in [0.15, 0.2) is 0 Å². The van der Waals surface area contributed by atoms with E-state index >= 15 is 0 Å². The molecule has 2 amide bonds. The summed E-state index contributed by atoms with van der Waals surface area (Å²) >= 11 is 5.58. The molecule has 0 bridgehead atoms. The molecule has 0 aliphatic carbocycles. The van der Waals surface area contributed by atoms with Crippen molar-refractivity contribution in [2.75, 3.05) is 12.3 Å². The van der Waals surface area contributed by atoms with Gasteiger partial charge in [-0.1, -0.05) is 11.8 Å². The van der Waals surface area contributed by atoms with E-state index in [-0.39, 0.29) is 23.4 Å². The number of halogens is 2. The number of carbonyl (C=O) groups is 2. The molecular weight excluding hydrogens is 578 g/mol. The Morgan fingerprint density at radius 1 is 1.00 bits per heavy atom. The summed E-state index contributed by atoms with van der Waals surface area (Å²) < 4.78 is 4.37. The van der Waals surface area contributed by atoms with Crippen molar-refractivity contribution >= 4 is 89.9 Å². The Bertz CT molecular complexity index is 975. The predicted molar refractivity (Wildman–Crippen MR) is 120 cm³/mol. The SMILES string of the molecule is O=C1CSC(=O)N1CC(O)Cn1c2ccc(I)cc2c2cc(I)ccc21. The zero-order valence-corrected chi connectivity index (χ0v) is 18.6. The summed E-state index contributed by atoms with van der Waals surface area (Å²) in [7, 11) is 0. The summed E-state index contributed by atoms with van der Waals surface area (Å²) in [5.74, 6) is -0.0666. The number of nitrogens with zero attached hydrogens (tertiary/aromatic N) is 2. The third-order valence-electron chi connectivity index (χ3n) is 4.42. The molecule has 2 heterocycles. The van der Waals surface area contributed by atoms with Crippen molar-refractivity contribution in [2.45, 2.75) is 12.6 Å². The number of rotatable bonds is 4. The molecule has 5 nitrogen and oxygen atoms in total. The Kier molecular flexibility index (Phi) is 5.19. The lowest BCUT2D eigenvalue weighted by molar-refractivity contribution is -0.125. The molecular formula is C18H14I2N2O3S. The summed E-state index contributed by atoms with van der Waals surface area (Å²) in [6.45, 7) is 0.351. The Balaban J connectivity index is 1.73. The zero-order valence-electron chi connectivity index (χ0n) is 13.5. The van der Waals surface area contributed by atoms with Crippen LogP contribution < -0.4 is 0 Å². The normalized spacial score (nSPS) is 16.2. The van der Waals surface area contributed by atoms with Gasteiger partial charge in [0, 0.05) is 28.9 Å². The largest absolute Gasteiger partial charge is 0.389 e. The first-order valence-electron chi connectivity index (χ1n) is 7.96. The van der Waals surface area contributed by atoms with Crippen LogP contribution in [-0.2, 0) is 11.3 Å². The average Bonchev–Trinajstić information content (AvgIpc) is 3.07. The van der Waals surface area contributed by atoms with Gasteiger partial charge in [-0.3, -0.25) is 14.5 Å². The molecule has 0 radical (unpaired) electrons. The number of imide groups is 1.